The van der Waals surface area contributed by atoms with E-state index in [1.54, 1.807) is 18.7 Å². The molecule has 0 radical (unpaired) electrons. The van der Waals surface area contributed by atoms with Gasteiger partial charge < -0.3 is 15.3 Å². The largest absolute Gasteiger partial charge is 0.480 e. The summed E-state index contributed by atoms with van der Waals surface area (Å²) in [5, 5.41) is 13.0. The van der Waals surface area contributed by atoms with Gasteiger partial charge in [-0.2, -0.15) is 11.8 Å². The average molecular weight is 300 g/mol. The standard InChI is InChI=1S/C14H24N2O3S/c1-14(12(17)18)8-3-4-9-16(14)13(19)15-10-6-5-7-11(10)20-2/h10-11H,3-9H2,1-2H3,(H,15,19)(H,17,18). The number of hydrogen-bond donors (Lipinski definition) is 2. The van der Waals surface area contributed by atoms with E-state index in [9.17, 15) is 14.7 Å². The molecule has 0 aromatic rings. The molecule has 1 heterocycles. The molecular weight excluding hydrogens is 276 g/mol. The van der Waals surface area contributed by atoms with Gasteiger partial charge in [0.15, 0.2) is 0 Å². The highest BCUT2D eigenvalue weighted by atomic mass is 32.2. The molecule has 5 nitrogen and oxygen atoms in total. The zero-order chi connectivity index (χ0) is 14.8. The van der Waals surface area contributed by atoms with Crippen LogP contribution in [-0.4, -0.2) is 51.6 Å². The predicted molar refractivity (Wildman–Crippen MR) is 80.1 cm³/mol. The highest BCUT2D eigenvalue weighted by Crippen LogP contribution is 2.31. The van der Waals surface area contributed by atoms with Crippen LogP contribution in [0.1, 0.15) is 45.4 Å². The summed E-state index contributed by atoms with van der Waals surface area (Å²) in [6.07, 6.45) is 7.60. The van der Waals surface area contributed by atoms with Crippen molar-refractivity contribution in [1.82, 2.24) is 10.2 Å². The molecule has 1 saturated heterocycles. The number of thioether (sulfide) groups is 1. The molecule has 0 bridgehead atoms. The number of aliphatic carboxylic acids is 1. The number of rotatable bonds is 3. The molecular formula is C14H24N2O3S. The van der Waals surface area contributed by atoms with Crippen LogP contribution in [0.15, 0.2) is 0 Å². The van der Waals surface area contributed by atoms with Crippen LogP contribution in [-0.2, 0) is 4.79 Å². The van der Waals surface area contributed by atoms with Gasteiger partial charge in [0, 0.05) is 17.8 Å². The third-order valence-corrected chi connectivity index (χ3v) is 5.83. The van der Waals surface area contributed by atoms with Crippen LogP contribution in [0.25, 0.3) is 0 Å². The van der Waals surface area contributed by atoms with Crippen molar-refractivity contribution < 1.29 is 14.7 Å². The lowest BCUT2D eigenvalue weighted by atomic mass is 9.89. The number of amides is 2. The maximum Gasteiger partial charge on any atom is 0.329 e. The quantitative estimate of drug-likeness (QED) is 0.839. The average Bonchev–Trinajstić information content (AvgIpc) is 2.86. The van der Waals surface area contributed by atoms with Crippen LogP contribution >= 0.6 is 11.8 Å². The molecule has 3 unspecified atom stereocenters. The normalized spacial score (nSPS) is 34.0. The fourth-order valence-electron chi connectivity index (χ4n) is 3.28. The lowest BCUT2D eigenvalue weighted by Crippen LogP contribution is -2.61. The highest BCUT2D eigenvalue weighted by Gasteiger charge is 2.44. The summed E-state index contributed by atoms with van der Waals surface area (Å²) in [5.41, 5.74) is -1.06. The van der Waals surface area contributed by atoms with Crippen LogP contribution in [0.4, 0.5) is 4.79 Å². The lowest BCUT2D eigenvalue weighted by Gasteiger charge is -2.42. The van der Waals surface area contributed by atoms with Crippen molar-refractivity contribution in [1.29, 1.82) is 0 Å². The van der Waals surface area contributed by atoms with Crippen LogP contribution in [0.2, 0.25) is 0 Å². The number of hydrogen-bond acceptors (Lipinski definition) is 3. The van der Waals surface area contributed by atoms with E-state index in [0.29, 0.717) is 18.2 Å². The summed E-state index contributed by atoms with van der Waals surface area (Å²) in [6.45, 7) is 2.19. The number of likely N-dealkylation sites (tertiary alicyclic amines) is 1. The number of carboxylic acid groups (broad SMARTS) is 1. The molecule has 0 spiro atoms. The first-order valence-corrected chi connectivity index (χ1v) is 8.62. The molecule has 1 aliphatic carbocycles. The van der Waals surface area contributed by atoms with E-state index in [1.807, 2.05) is 0 Å². The molecule has 6 heteroatoms. The molecule has 3 atom stereocenters. The predicted octanol–water partition coefficient (Wildman–Crippen LogP) is 2.31. The SMILES string of the molecule is CSC1CCCC1NC(=O)N1CCCCC1(C)C(=O)O. The minimum atomic E-state index is -1.06. The van der Waals surface area contributed by atoms with Gasteiger partial charge in [-0.1, -0.05) is 6.42 Å². The Morgan fingerprint density at radius 2 is 2.05 bits per heavy atom. The van der Waals surface area contributed by atoms with Crippen molar-refractivity contribution in [2.75, 3.05) is 12.8 Å². The molecule has 114 valence electrons. The summed E-state index contributed by atoms with van der Waals surface area (Å²) in [7, 11) is 0. The summed E-state index contributed by atoms with van der Waals surface area (Å²) >= 11 is 1.79. The van der Waals surface area contributed by atoms with Crippen molar-refractivity contribution in [2.45, 2.75) is 62.3 Å². The van der Waals surface area contributed by atoms with Crippen LogP contribution in [0, 0.1) is 0 Å². The number of urea groups is 1. The van der Waals surface area contributed by atoms with E-state index in [2.05, 4.69) is 11.6 Å². The zero-order valence-electron chi connectivity index (χ0n) is 12.2. The maximum atomic E-state index is 12.5. The van der Waals surface area contributed by atoms with Crippen molar-refractivity contribution in [3.63, 3.8) is 0 Å². The number of nitrogens with zero attached hydrogens (tertiary/aromatic N) is 1. The van der Waals surface area contributed by atoms with Gasteiger partial charge in [0.2, 0.25) is 0 Å². The number of nitrogens with one attached hydrogen (secondary N) is 1. The number of carbonyl (C=O) groups excluding carboxylic acids is 1. The first-order valence-electron chi connectivity index (χ1n) is 7.33. The second-order valence-electron chi connectivity index (χ2n) is 5.95. The van der Waals surface area contributed by atoms with Crippen molar-refractivity contribution in [3.8, 4) is 0 Å². The summed E-state index contributed by atoms with van der Waals surface area (Å²) in [4.78, 5) is 25.5. The first-order chi connectivity index (χ1) is 9.49. The molecule has 0 aromatic carbocycles. The minimum absolute atomic E-state index is 0.178. The van der Waals surface area contributed by atoms with Crippen molar-refractivity contribution >= 4 is 23.8 Å². The Labute approximate surface area is 124 Å². The molecule has 2 rings (SSSR count). The summed E-state index contributed by atoms with van der Waals surface area (Å²) in [6, 6.07) is -0.0296. The van der Waals surface area contributed by atoms with Crippen LogP contribution in [0.3, 0.4) is 0 Å². The lowest BCUT2D eigenvalue weighted by molar-refractivity contribution is -0.150. The molecule has 1 aliphatic heterocycles. The van der Waals surface area contributed by atoms with Gasteiger partial charge in [-0.3, -0.25) is 0 Å². The fraction of sp³-hybridized carbons (Fsp3) is 0.857. The Morgan fingerprint density at radius 1 is 1.30 bits per heavy atom. The van der Waals surface area contributed by atoms with Gasteiger partial charge in [-0.25, -0.2) is 9.59 Å². The Morgan fingerprint density at radius 3 is 2.70 bits per heavy atom. The third-order valence-electron chi connectivity index (χ3n) is 4.66. The van der Waals surface area contributed by atoms with Crippen LogP contribution in [0.5, 0.6) is 0 Å². The maximum absolute atomic E-state index is 12.5. The Kier molecular flexibility index (Phi) is 4.83. The van der Waals surface area contributed by atoms with E-state index in [-0.39, 0.29) is 12.1 Å². The summed E-state index contributed by atoms with van der Waals surface area (Å²) in [5.74, 6) is -0.903. The van der Waals surface area contributed by atoms with E-state index >= 15 is 0 Å². The molecule has 20 heavy (non-hydrogen) atoms. The zero-order valence-corrected chi connectivity index (χ0v) is 13.0. The van der Waals surface area contributed by atoms with E-state index in [4.69, 9.17) is 0 Å². The third kappa shape index (κ3) is 2.90. The number of carboxylic acids is 1. The fourth-order valence-corrected chi connectivity index (χ4v) is 4.21. The molecule has 2 fully saturated rings. The molecule has 2 amide bonds. The second kappa shape index (κ2) is 6.24. The Bertz CT molecular complexity index is 391. The van der Waals surface area contributed by atoms with Gasteiger partial charge >= 0.3 is 12.0 Å². The Balaban J connectivity index is 2.05. The van der Waals surface area contributed by atoms with Gasteiger partial charge in [-0.05, 0) is 45.3 Å². The van der Waals surface area contributed by atoms with E-state index < -0.39 is 11.5 Å². The highest BCUT2D eigenvalue weighted by molar-refractivity contribution is 7.99. The molecule has 1 saturated carbocycles. The van der Waals surface area contributed by atoms with Gasteiger partial charge in [-0.15, -0.1) is 0 Å². The number of carbonyl (C=O) groups is 2. The Hall–Kier alpha value is -0.910. The molecule has 0 aromatic heterocycles. The van der Waals surface area contributed by atoms with Crippen LogP contribution < -0.4 is 5.32 Å². The van der Waals surface area contributed by atoms with E-state index in [0.717, 1.165) is 32.1 Å². The second-order valence-corrected chi connectivity index (χ2v) is 7.03. The molecule has 2 aliphatic rings. The summed E-state index contributed by atoms with van der Waals surface area (Å²) < 4.78 is 0. The first kappa shape index (κ1) is 15.5. The van der Waals surface area contributed by atoms with E-state index in [1.165, 1.54) is 4.90 Å². The molecule has 2 N–H and O–H groups in total. The number of piperidine rings is 1. The van der Waals surface area contributed by atoms with Crippen molar-refractivity contribution in [2.24, 2.45) is 0 Å². The smallest absolute Gasteiger partial charge is 0.329 e. The van der Waals surface area contributed by atoms with Gasteiger partial charge in [0.25, 0.3) is 0 Å². The van der Waals surface area contributed by atoms with Gasteiger partial charge in [0.1, 0.15) is 5.54 Å². The minimum Gasteiger partial charge on any atom is -0.480 e. The van der Waals surface area contributed by atoms with Crippen molar-refractivity contribution in [3.05, 3.63) is 0 Å². The monoisotopic (exact) mass is 300 g/mol. The van der Waals surface area contributed by atoms with Gasteiger partial charge in [0.05, 0.1) is 0 Å². The topological polar surface area (TPSA) is 69.6 Å².